The molecule has 0 aliphatic rings. The quantitative estimate of drug-likeness (QED) is 0.746. The third-order valence-electron chi connectivity index (χ3n) is 3.53. The van der Waals surface area contributed by atoms with Gasteiger partial charge in [0.05, 0.1) is 19.2 Å². The second kappa shape index (κ2) is 7.19. The fourth-order valence-electron chi connectivity index (χ4n) is 2.31. The van der Waals surface area contributed by atoms with E-state index in [0.717, 1.165) is 11.1 Å². The van der Waals surface area contributed by atoms with Gasteiger partial charge in [-0.1, -0.05) is 35.9 Å². The molecule has 6 heteroatoms. The lowest BCUT2D eigenvalue weighted by Crippen LogP contribution is -2.18. The number of nitrogens with one attached hydrogen (secondary N) is 1. The zero-order valence-electron chi connectivity index (χ0n) is 12.8. The van der Waals surface area contributed by atoms with E-state index in [1.165, 1.54) is 0 Å². The Kier molecular flexibility index (Phi) is 4.82. The monoisotopic (exact) mass is 341 g/mol. The smallest absolute Gasteiger partial charge is 0.229 e. The number of nitrogens with zero attached hydrogens (tertiary/aromatic N) is 2. The summed E-state index contributed by atoms with van der Waals surface area (Å²) in [6.07, 6.45) is 1.87. The van der Waals surface area contributed by atoms with Crippen molar-refractivity contribution in [2.24, 2.45) is 0 Å². The number of rotatable bonds is 5. The van der Waals surface area contributed by atoms with Gasteiger partial charge in [0, 0.05) is 11.1 Å². The average molecular weight is 342 g/mol. The molecule has 0 unspecified atom stereocenters. The summed E-state index contributed by atoms with van der Waals surface area (Å²) in [5, 5.41) is 17.1. The van der Waals surface area contributed by atoms with Crippen molar-refractivity contribution in [1.29, 1.82) is 0 Å². The molecule has 3 rings (SSSR count). The van der Waals surface area contributed by atoms with Crippen LogP contribution in [0, 0.1) is 0 Å². The van der Waals surface area contributed by atoms with Crippen molar-refractivity contribution in [3.63, 3.8) is 0 Å². The van der Waals surface area contributed by atoms with E-state index in [1.807, 2.05) is 24.3 Å². The number of phenolic OH excluding ortho intramolecular Hbond substituents is 1. The van der Waals surface area contributed by atoms with Gasteiger partial charge in [0.2, 0.25) is 5.91 Å². The number of carbonyl (C=O) groups excluding carboxylic acids is 1. The van der Waals surface area contributed by atoms with Crippen LogP contribution in [0.5, 0.6) is 5.75 Å². The molecule has 0 radical (unpaired) electrons. The predicted molar refractivity (Wildman–Crippen MR) is 93.2 cm³/mol. The Bertz CT molecular complexity index is 826. The van der Waals surface area contributed by atoms with Crippen molar-refractivity contribution in [2.75, 3.05) is 5.32 Å². The maximum atomic E-state index is 12.2. The molecule has 0 saturated heterocycles. The molecule has 0 fully saturated rings. The second-order valence-electron chi connectivity index (χ2n) is 5.39. The Morgan fingerprint density at radius 1 is 1.04 bits per heavy atom. The van der Waals surface area contributed by atoms with Crippen LogP contribution in [-0.2, 0) is 17.8 Å². The minimum atomic E-state index is -0.140. The van der Waals surface area contributed by atoms with E-state index < -0.39 is 0 Å². The number of aromatic hydroxyl groups is 1. The number of halogens is 1. The molecular formula is C18H16ClN3O2. The Hall–Kier alpha value is -2.79. The van der Waals surface area contributed by atoms with Crippen LogP contribution in [0.1, 0.15) is 11.1 Å². The van der Waals surface area contributed by atoms with E-state index in [0.29, 0.717) is 17.4 Å². The van der Waals surface area contributed by atoms with Crippen LogP contribution >= 0.6 is 11.6 Å². The Balaban J connectivity index is 1.65. The van der Waals surface area contributed by atoms with Crippen LogP contribution in [0.4, 0.5) is 5.82 Å². The summed E-state index contributed by atoms with van der Waals surface area (Å²) in [6, 6.07) is 15.8. The highest BCUT2D eigenvalue weighted by Gasteiger charge is 2.09. The highest BCUT2D eigenvalue weighted by molar-refractivity contribution is 6.30. The lowest BCUT2D eigenvalue weighted by atomic mass is 10.1. The van der Waals surface area contributed by atoms with Crippen molar-refractivity contribution >= 4 is 23.3 Å². The fourth-order valence-corrected chi connectivity index (χ4v) is 2.44. The molecule has 0 spiro atoms. The maximum absolute atomic E-state index is 12.2. The molecule has 1 heterocycles. The van der Waals surface area contributed by atoms with Crippen molar-refractivity contribution in [3.05, 3.63) is 76.9 Å². The first-order valence-electron chi connectivity index (χ1n) is 7.44. The molecule has 24 heavy (non-hydrogen) atoms. The van der Waals surface area contributed by atoms with E-state index in [2.05, 4.69) is 10.4 Å². The molecule has 0 saturated carbocycles. The molecular weight excluding hydrogens is 326 g/mol. The standard InChI is InChI=1S/C18H16ClN3O2/c19-15-5-1-14(2-6-15)12-22-17(9-10-20-22)21-18(24)11-13-3-7-16(23)8-4-13/h1-10,23H,11-12H2,(H,21,24). The van der Waals surface area contributed by atoms with Gasteiger partial charge in [-0.15, -0.1) is 0 Å². The Labute approximate surface area is 144 Å². The Morgan fingerprint density at radius 2 is 1.71 bits per heavy atom. The maximum Gasteiger partial charge on any atom is 0.229 e. The summed E-state index contributed by atoms with van der Waals surface area (Å²) in [7, 11) is 0. The van der Waals surface area contributed by atoms with Crippen LogP contribution in [0.2, 0.25) is 5.02 Å². The minimum absolute atomic E-state index is 0.140. The molecule has 1 amide bonds. The number of benzene rings is 2. The highest BCUT2D eigenvalue weighted by atomic mass is 35.5. The third-order valence-corrected chi connectivity index (χ3v) is 3.78. The lowest BCUT2D eigenvalue weighted by Gasteiger charge is -2.09. The van der Waals surface area contributed by atoms with Gasteiger partial charge < -0.3 is 10.4 Å². The Morgan fingerprint density at radius 3 is 2.42 bits per heavy atom. The third kappa shape index (κ3) is 4.14. The normalized spacial score (nSPS) is 10.5. The van der Waals surface area contributed by atoms with Gasteiger partial charge in [0.1, 0.15) is 11.6 Å². The molecule has 0 bridgehead atoms. The second-order valence-corrected chi connectivity index (χ2v) is 5.83. The first kappa shape index (κ1) is 16.1. The topological polar surface area (TPSA) is 67.2 Å². The van der Waals surface area contributed by atoms with Gasteiger partial charge >= 0.3 is 0 Å². The molecule has 0 aliphatic heterocycles. The summed E-state index contributed by atoms with van der Waals surface area (Å²) in [6.45, 7) is 0.541. The zero-order chi connectivity index (χ0) is 16.9. The zero-order valence-corrected chi connectivity index (χ0v) is 13.6. The SMILES string of the molecule is O=C(Cc1ccc(O)cc1)Nc1ccnn1Cc1ccc(Cl)cc1. The summed E-state index contributed by atoms with van der Waals surface area (Å²) in [5.41, 5.74) is 1.87. The molecule has 1 aromatic heterocycles. The number of hydrogen-bond donors (Lipinski definition) is 2. The number of anilines is 1. The van der Waals surface area contributed by atoms with Crippen LogP contribution in [-0.4, -0.2) is 20.8 Å². The van der Waals surface area contributed by atoms with E-state index in [4.69, 9.17) is 11.6 Å². The molecule has 2 N–H and O–H groups in total. The van der Waals surface area contributed by atoms with Crippen molar-refractivity contribution in [1.82, 2.24) is 9.78 Å². The van der Waals surface area contributed by atoms with E-state index >= 15 is 0 Å². The molecule has 0 atom stereocenters. The number of carbonyl (C=O) groups is 1. The number of aromatic nitrogens is 2. The van der Waals surface area contributed by atoms with Crippen molar-refractivity contribution in [2.45, 2.75) is 13.0 Å². The lowest BCUT2D eigenvalue weighted by molar-refractivity contribution is -0.115. The molecule has 3 aromatic rings. The van der Waals surface area contributed by atoms with Crippen LogP contribution in [0.15, 0.2) is 60.8 Å². The van der Waals surface area contributed by atoms with E-state index in [1.54, 1.807) is 41.2 Å². The van der Waals surface area contributed by atoms with Gasteiger partial charge in [-0.3, -0.25) is 4.79 Å². The van der Waals surface area contributed by atoms with Crippen LogP contribution in [0.25, 0.3) is 0 Å². The molecule has 122 valence electrons. The summed E-state index contributed by atoms with van der Waals surface area (Å²) in [4.78, 5) is 12.2. The van der Waals surface area contributed by atoms with E-state index in [9.17, 15) is 9.90 Å². The van der Waals surface area contributed by atoms with Crippen LogP contribution in [0.3, 0.4) is 0 Å². The van der Waals surface area contributed by atoms with E-state index in [-0.39, 0.29) is 18.1 Å². The predicted octanol–water partition coefficient (Wildman–Crippen LogP) is 3.47. The molecule has 0 aliphatic carbocycles. The number of amides is 1. The highest BCUT2D eigenvalue weighted by Crippen LogP contribution is 2.15. The van der Waals surface area contributed by atoms with Gasteiger partial charge in [0.15, 0.2) is 0 Å². The van der Waals surface area contributed by atoms with Gasteiger partial charge in [-0.25, -0.2) is 4.68 Å². The van der Waals surface area contributed by atoms with Crippen molar-refractivity contribution in [3.8, 4) is 5.75 Å². The van der Waals surface area contributed by atoms with Gasteiger partial charge in [-0.2, -0.15) is 5.10 Å². The van der Waals surface area contributed by atoms with Gasteiger partial charge in [0.25, 0.3) is 0 Å². The van der Waals surface area contributed by atoms with Crippen molar-refractivity contribution < 1.29 is 9.90 Å². The number of phenols is 1. The first-order valence-corrected chi connectivity index (χ1v) is 7.82. The van der Waals surface area contributed by atoms with Gasteiger partial charge in [-0.05, 0) is 35.4 Å². The molecule has 5 nitrogen and oxygen atoms in total. The summed E-state index contributed by atoms with van der Waals surface area (Å²) >= 11 is 5.89. The average Bonchev–Trinajstić information content (AvgIpc) is 2.98. The fraction of sp³-hybridized carbons (Fsp3) is 0.111. The molecule has 2 aromatic carbocycles. The van der Waals surface area contributed by atoms with Crippen LogP contribution < -0.4 is 5.32 Å². The minimum Gasteiger partial charge on any atom is -0.508 e. The summed E-state index contributed by atoms with van der Waals surface area (Å²) < 4.78 is 1.72. The summed E-state index contributed by atoms with van der Waals surface area (Å²) in [5.74, 6) is 0.674. The first-order chi connectivity index (χ1) is 11.6. The number of hydrogen-bond acceptors (Lipinski definition) is 3. The largest absolute Gasteiger partial charge is 0.508 e.